The second-order valence-electron chi connectivity index (χ2n) is 5.81. The van der Waals surface area contributed by atoms with E-state index in [9.17, 15) is 9.59 Å². The Balaban J connectivity index is 1.70. The molecule has 1 aliphatic heterocycles. The Labute approximate surface area is 151 Å². The third-order valence-corrected chi connectivity index (χ3v) is 4.35. The van der Waals surface area contributed by atoms with E-state index in [0.717, 1.165) is 11.1 Å². The van der Waals surface area contributed by atoms with Crippen LogP contribution in [0.25, 0.3) is 0 Å². The molecule has 0 radical (unpaired) electrons. The Morgan fingerprint density at radius 1 is 1.12 bits per heavy atom. The third kappa shape index (κ3) is 4.51. The maximum atomic E-state index is 12.4. The first-order valence-electron chi connectivity index (χ1n) is 8.15. The standard InChI is InChI=1S/C19H19ClN2O3/c20-16-8-6-15(7-9-16)18(14-4-2-1-3-5-14)21-17(23)10-11-22-12-13-25-19(22)24/h1-9,18H,10-13H2,(H,21,23). The molecule has 0 saturated carbocycles. The number of hydrogen-bond donors (Lipinski definition) is 1. The summed E-state index contributed by atoms with van der Waals surface area (Å²) in [5.41, 5.74) is 1.93. The molecule has 6 heteroatoms. The summed E-state index contributed by atoms with van der Waals surface area (Å²) in [5.74, 6) is -0.122. The normalized spacial score (nSPS) is 14.9. The van der Waals surface area contributed by atoms with Crippen LogP contribution in [0.2, 0.25) is 5.02 Å². The smallest absolute Gasteiger partial charge is 0.409 e. The lowest BCUT2D eigenvalue weighted by molar-refractivity contribution is -0.121. The summed E-state index contributed by atoms with van der Waals surface area (Å²) in [6.45, 7) is 1.27. The average Bonchev–Trinajstić information content (AvgIpc) is 3.04. The first kappa shape index (κ1) is 17.3. The first-order chi connectivity index (χ1) is 12.1. The van der Waals surface area contributed by atoms with Crippen molar-refractivity contribution in [2.75, 3.05) is 19.7 Å². The zero-order valence-corrected chi connectivity index (χ0v) is 14.4. The molecule has 1 fully saturated rings. The molecule has 1 aliphatic rings. The van der Waals surface area contributed by atoms with E-state index in [1.54, 1.807) is 17.0 Å². The Bertz CT molecular complexity index is 734. The number of hydrogen-bond acceptors (Lipinski definition) is 3. The highest BCUT2D eigenvalue weighted by molar-refractivity contribution is 6.30. The lowest BCUT2D eigenvalue weighted by Gasteiger charge is -2.21. The molecule has 2 aromatic carbocycles. The average molecular weight is 359 g/mol. The van der Waals surface area contributed by atoms with Crippen molar-refractivity contribution in [1.82, 2.24) is 10.2 Å². The molecule has 3 rings (SSSR count). The molecule has 0 spiro atoms. The van der Waals surface area contributed by atoms with Gasteiger partial charge >= 0.3 is 6.09 Å². The van der Waals surface area contributed by atoms with Gasteiger partial charge in [-0.1, -0.05) is 54.1 Å². The van der Waals surface area contributed by atoms with Crippen LogP contribution in [-0.2, 0) is 9.53 Å². The number of halogens is 1. The van der Waals surface area contributed by atoms with E-state index in [1.807, 2.05) is 42.5 Å². The molecule has 25 heavy (non-hydrogen) atoms. The van der Waals surface area contributed by atoms with E-state index in [1.165, 1.54) is 0 Å². The molecule has 2 aromatic rings. The van der Waals surface area contributed by atoms with Gasteiger partial charge in [-0.05, 0) is 23.3 Å². The van der Waals surface area contributed by atoms with E-state index in [2.05, 4.69) is 5.32 Å². The topological polar surface area (TPSA) is 58.6 Å². The van der Waals surface area contributed by atoms with Crippen LogP contribution in [0.15, 0.2) is 54.6 Å². The van der Waals surface area contributed by atoms with Crippen molar-refractivity contribution >= 4 is 23.6 Å². The summed E-state index contributed by atoms with van der Waals surface area (Å²) in [5, 5.41) is 3.69. The third-order valence-electron chi connectivity index (χ3n) is 4.10. The number of benzene rings is 2. The minimum absolute atomic E-state index is 0.122. The minimum Gasteiger partial charge on any atom is -0.448 e. The van der Waals surface area contributed by atoms with E-state index in [4.69, 9.17) is 16.3 Å². The molecular weight excluding hydrogens is 340 g/mol. The summed E-state index contributed by atoms with van der Waals surface area (Å²) in [6.07, 6.45) is -0.128. The van der Waals surface area contributed by atoms with E-state index < -0.39 is 0 Å². The number of carbonyl (C=O) groups excluding carboxylic acids is 2. The van der Waals surface area contributed by atoms with Crippen LogP contribution in [0.1, 0.15) is 23.6 Å². The van der Waals surface area contributed by atoms with Gasteiger partial charge in [-0.15, -0.1) is 0 Å². The number of carbonyl (C=O) groups is 2. The van der Waals surface area contributed by atoms with Crippen molar-refractivity contribution in [3.63, 3.8) is 0 Å². The Morgan fingerprint density at radius 2 is 1.80 bits per heavy atom. The van der Waals surface area contributed by atoms with Crippen LogP contribution in [0.5, 0.6) is 0 Å². The summed E-state index contributed by atoms with van der Waals surface area (Å²) in [7, 11) is 0. The molecule has 0 aromatic heterocycles. The van der Waals surface area contributed by atoms with Crippen LogP contribution in [-0.4, -0.2) is 36.6 Å². The van der Waals surface area contributed by atoms with Crippen LogP contribution >= 0.6 is 11.6 Å². The van der Waals surface area contributed by atoms with Crippen LogP contribution in [0.4, 0.5) is 4.79 Å². The Kier molecular flexibility index (Phi) is 5.56. The number of nitrogens with zero attached hydrogens (tertiary/aromatic N) is 1. The number of nitrogens with one attached hydrogen (secondary N) is 1. The van der Waals surface area contributed by atoms with Crippen molar-refractivity contribution < 1.29 is 14.3 Å². The zero-order valence-electron chi connectivity index (χ0n) is 13.7. The van der Waals surface area contributed by atoms with Gasteiger partial charge in [0.1, 0.15) is 6.61 Å². The molecule has 0 aliphatic carbocycles. The predicted octanol–water partition coefficient (Wildman–Crippen LogP) is 3.39. The molecule has 0 bridgehead atoms. The van der Waals surface area contributed by atoms with Crippen LogP contribution in [0.3, 0.4) is 0 Å². The quantitative estimate of drug-likeness (QED) is 0.861. The number of rotatable bonds is 6. The second kappa shape index (κ2) is 8.03. The van der Waals surface area contributed by atoms with Crippen molar-refractivity contribution in [3.8, 4) is 0 Å². The lowest BCUT2D eigenvalue weighted by atomic mass is 9.98. The lowest BCUT2D eigenvalue weighted by Crippen LogP contribution is -2.33. The fourth-order valence-corrected chi connectivity index (χ4v) is 2.88. The molecular formula is C19H19ClN2O3. The molecule has 1 unspecified atom stereocenters. The summed E-state index contributed by atoms with van der Waals surface area (Å²) >= 11 is 5.97. The van der Waals surface area contributed by atoms with Gasteiger partial charge < -0.3 is 15.0 Å². The van der Waals surface area contributed by atoms with Gasteiger partial charge in [0.25, 0.3) is 0 Å². The Morgan fingerprint density at radius 3 is 2.44 bits per heavy atom. The minimum atomic E-state index is -0.356. The first-order valence-corrected chi connectivity index (χ1v) is 8.53. The number of cyclic esters (lactones) is 1. The predicted molar refractivity (Wildman–Crippen MR) is 95.4 cm³/mol. The van der Waals surface area contributed by atoms with Crippen LogP contribution in [0, 0.1) is 0 Å². The highest BCUT2D eigenvalue weighted by atomic mass is 35.5. The fraction of sp³-hybridized carbons (Fsp3) is 0.263. The van der Waals surface area contributed by atoms with Crippen molar-refractivity contribution in [1.29, 1.82) is 0 Å². The van der Waals surface area contributed by atoms with Crippen LogP contribution < -0.4 is 5.32 Å². The second-order valence-corrected chi connectivity index (χ2v) is 6.25. The molecule has 1 saturated heterocycles. The van der Waals surface area contributed by atoms with Crippen molar-refractivity contribution in [3.05, 3.63) is 70.7 Å². The number of amides is 2. The molecule has 5 nitrogen and oxygen atoms in total. The number of ether oxygens (including phenoxy) is 1. The highest BCUT2D eigenvalue weighted by Crippen LogP contribution is 2.23. The van der Waals surface area contributed by atoms with Gasteiger partial charge in [-0.2, -0.15) is 0 Å². The molecule has 130 valence electrons. The van der Waals surface area contributed by atoms with Gasteiger partial charge in [0.2, 0.25) is 5.91 Å². The SMILES string of the molecule is O=C(CCN1CCOC1=O)NC(c1ccccc1)c1ccc(Cl)cc1. The van der Waals surface area contributed by atoms with Gasteiger partial charge in [0.05, 0.1) is 12.6 Å². The summed E-state index contributed by atoms with van der Waals surface area (Å²) in [4.78, 5) is 25.4. The largest absolute Gasteiger partial charge is 0.448 e. The van der Waals surface area contributed by atoms with Crippen molar-refractivity contribution in [2.24, 2.45) is 0 Å². The van der Waals surface area contributed by atoms with E-state index in [0.29, 0.717) is 24.7 Å². The maximum Gasteiger partial charge on any atom is 0.409 e. The fourth-order valence-electron chi connectivity index (χ4n) is 2.76. The van der Waals surface area contributed by atoms with Gasteiger partial charge in [-0.3, -0.25) is 4.79 Å². The summed E-state index contributed by atoms with van der Waals surface area (Å²) in [6, 6.07) is 16.9. The van der Waals surface area contributed by atoms with Gasteiger partial charge in [0.15, 0.2) is 0 Å². The van der Waals surface area contributed by atoms with E-state index in [-0.39, 0.29) is 24.5 Å². The molecule has 1 N–H and O–H groups in total. The van der Waals surface area contributed by atoms with Crippen molar-refractivity contribution in [2.45, 2.75) is 12.5 Å². The summed E-state index contributed by atoms with van der Waals surface area (Å²) < 4.78 is 4.87. The zero-order chi connectivity index (χ0) is 17.6. The Hall–Kier alpha value is -2.53. The van der Waals surface area contributed by atoms with E-state index >= 15 is 0 Å². The molecule has 1 heterocycles. The van der Waals surface area contributed by atoms with Gasteiger partial charge in [0, 0.05) is 18.0 Å². The highest BCUT2D eigenvalue weighted by Gasteiger charge is 2.23. The monoisotopic (exact) mass is 358 g/mol. The molecule has 2 amide bonds. The van der Waals surface area contributed by atoms with Gasteiger partial charge in [-0.25, -0.2) is 4.79 Å². The molecule has 1 atom stereocenters. The maximum absolute atomic E-state index is 12.4.